The van der Waals surface area contributed by atoms with E-state index in [4.69, 9.17) is 10.00 Å². The third-order valence-corrected chi connectivity index (χ3v) is 3.06. The molecule has 0 saturated heterocycles. The van der Waals surface area contributed by atoms with Crippen LogP contribution < -0.4 is 5.32 Å². The molecular weight excluding hydrogens is 271 g/mol. The number of carboxylic acid groups (broad SMARTS) is 1. The summed E-state index contributed by atoms with van der Waals surface area (Å²) in [6, 6.07) is -1.17. The van der Waals surface area contributed by atoms with Gasteiger partial charge in [-0.2, -0.15) is 0 Å². The quantitative estimate of drug-likeness (QED) is 0.405. The maximum atomic E-state index is 11.0. The van der Waals surface area contributed by atoms with Gasteiger partial charge in [-0.05, 0) is 6.42 Å². The first kappa shape index (κ1) is 23.2. The second kappa shape index (κ2) is 11.0. The molecule has 10 heteroatoms. The topological polar surface area (TPSA) is 113 Å². The second-order valence-electron chi connectivity index (χ2n) is 2.92. The van der Waals surface area contributed by atoms with Crippen molar-refractivity contribution in [1.82, 2.24) is 5.32 Å². The number of carbonyl (C=O) groups is 2. The molecule has 0 spiro atoms. The Morgan fingerprint density at radius 1 is 1.41 bits per heavy atom. The van der Waals surface area contributed by atoms with Gasteiger partial charge >= 0.3 is 72.7 Å². The maximum absolute atomic E-state index is 11.0. The molecular formula is C7H16NNa2O6P. The molecule has 3 N–H and O–H groups in total. The van der Waals surface area contributed by atoms with Crippen molar-refractivity contribution in [2.45, 2.75) is 19.4 Å². The van der Waals surface area contributed by atoms with E-state index >= 15 is 0 Å². The zero-order valence-corrected chi connectivity index (χ0v) is 9.36. The van der Waals surface area contributed by atoms with Crippen LogP contribution in [0.15, 0.2) is 0 Å². The zero-order valence-electron chi connectivity index (χ0n) is 8.47. The Kier molecular flexibility index (Phi) is 15.0. The molecule has 0 fully saturated rings. The molecule has 0 aromatic heterocycles. The Balaban J connectivity index is -0.000000980. The minimum absolute atomic E-state index is 0. The molecule has 0 aliphatic heterocycles. The third-order valence-electron chi connectivity index (χ3n) is 1.66. The molecule has 7 nitrogen and oxygen atoms in total. The molecule has 0 aliphatic carbocycles. The molecule has 0 bridgehead atoms. The van der Waals surface area contributed by atoms with E-state index in [-0.39, 0.29) is 71.7 Å². The zero-order chi connectivity index (χ0) is 12.1. The molecule has 0 aromatic rings. The Hall–Kier alpha value is 1.09. The first-order valence-corrected chi connectivity index (χ1v) is 5.92. The van der Waals surface area contributed by atoms with Crippen molar-refractivity contribution in [1.29, 1.82) is 0 Å². The first-order valence-electron chi connectivity index (χ1n) is 4.16. The first-order chi connectivity index (χ1) is 6.78. The number of hydrogen-bond donors (Lipinski definition) is 3. The van der Waals surface area contributed by atoms with Crippen LogP contribution in [0.2, 0.25) is 0 Å². The van der Waals surface area contributed by atoms with E-state index in [2.05, 4.69) is 9.84 Å². The second-order valence-corrected chi connectivity index (χ2v) is 5.01. The van der Waals surface area contributed by atoms with Gasteiger partial charge in [-0.3, -0.25) is 9.36 Å². The third kappa shape index (κ3) is 11.9. The molecule has 92 valence electrons. The normalized spacial score (nSPS) is 14.5. The van der Waals surface area contributed by atoms with Gasteiger partial charge < -0.3 is 19.8 Å². The van der Waals surface area contributed by atoms with Crippen LogP contribution in [-0.2, 0) is 18.7 Å². The minimum atomic E-state index is -3.73. The van der Waals surface area contributed by atoms with Crippen molar-refractivity contribution in [2.24, 2.45) is 0 Å². The molecule has 0 aliphatic rings. The number of hydrogen-bond acceptors (Lipinski definition) is 4. The summed E-state index contributed by atoms with van der Waals surface area (Å²) in [4.78, 5) is 30.2. The van der Waals surface area contributed by atoms with Crippen LogP contribution >= 0.6 is 7.60 Å². The summed E-state index contributed by atoms with van der Waals surface area (Å²) in [7, 11) is -2.66. The monoisotopic (exact) mass is 287 g/mol. The summed E-state index contributed by atoms with van der Waals surface area (Å²) in [5.41, 5.74) is 0. The van der Waals surface area contributed by atoms with Gasteiger partial charge in [0.1, 0.15) is 6.04 Å². The average Bonchev–Trinajstić information content (AvgIpc) is 2.11. The van der Waals surface area contributed by atoms with Crippen LogP contribution in [-0.4, -0.2) is 100 Å². The molecule has 0 radical (unpaired) electrons. The number of aliphatic carboxylic acids is 1. The number of carbonyl (C=O) groups excluding carboxylic acids is 1. The van der Waals surface area contributed by atoms with Crippen molar-refractivity contribution < 1.29 is 28.7 Å². The van der Waals surface area contributed by atoms with Crippen LogP contribution in [0.5, 0.6) is 0 Å². The van der Waals surface area contributed by atoms with Crippen LogP contribution in [0.4, 0.5) is 0 Å². The van der Waals surface area contributed by atoms with Crippen molar-refractivity contribution in [3.05, 3.63) is 0 Å². The van der Waals surface area contributed by atoms with Crippen molar-refractivity contribution in [3.63, 3.8) is 0 Å². The van der Waals surface area contributed by atoms with Gasteiger partial charge in [0.2, 0.25) is 5.91 Å². The average molecular weight is 287 g/mol. The van der Waals surface area contributed by atoms with Crippen LogP contribution in [0, 0.1) is 0 Å². The predicted molar refractivity (Wildman–Crippen MR) is 65.9 cm³/mol. The van der Waals surface area contributed by atoms with Crippen molar-refractivity contribution in [2.75, 3.05) is 13.3 Å². The predicted octanol–water partition coefficient (Wildman–Crippen LogP) is -1.50. The van der Waals surface area contributed by atoms with E-state index in [1.54, 1.807) is 0 Å². The van der Waals surface area contributed by atoms with Gasteiger partial charge in [0.15, 0.2) is 0 Å². The van der Waals surface area contributed by atoms with E-state index in [0.29, 0.717) is 0 Å². The summed E-state index contributed by atoms with van der Waals surface area (Å²) in [6.07, 6.45) is -0.475. The summed E-state index contributed by atoms with van der Waals surface area (Å²) < 4.78 is 15.3. The molecule has 1 amide bonds. The van der Waals surface area contributed by atoms with Gasteiger partial charge in [0.05, 0.1) is 6.16 Å². The van der Waals surface area contributed by atoms with Gasteiger partial charge in [0.25, 0.3) is 0 Å². The SMILES string of the molecule is COP(=O)(O)CCC(NC(C)=O)C(=O)O.[NaH].[NaH]. The van der Waals surface area contributed by atoms with Crippen molar-refractivity contribution >= 4 is 78.6 Å². The van der Waals surface area contributed by atoms with E-state index in [0.717, 1.165) is 7.11 Å². The Bertz CT molecular complexity index is 300. The number of amides is 1. The van der Waals surface area contributed by atoms with Crippen LogP contribution in [0.25, 0.3) is 0 Å². The Morgan fingerprint density at radius 2 is 1.88 bits per heavy atom. The molecule has 0 aromatic carbocycles. The Labute approximate surface area is 144 Å². The van der Waals surface area contributed by atoms with Gasteiger partial charge in [-0.15, -0.1) is 0 Å². The summed E-state index contributed by atoms with van der Waals surface area (Å²) >= 11 is 0. The summed E-state index contributed by atoms with van der Waals surface area (Å²) in [5, 5.41) is 10.8. The Morgan fingerprint density at radius 3 is 2.18 bits per heavy atom. The number of carboxylic acids is 1. The molecule has 2 unspecified atom stereocenters. The fraction of sp³-hybridized carbons (Fsp3) is 0.714. The standard InChI is InChI=1S/C7H14NO6P.2Na.2H/c1-5(9)8-6(7(10)11)3-4-15(12,13)14-2;;;;/h6H,3-4H2,1-2H3,(H,8,9)(H,10,11)(H,12,13);;;;. The molecule has 0 saturated carbocycles. The number of nitrogens with one attached hydrogen (secondary N) is 1. The van der Waals surface area contributed by atoms with Gasteiger partial charge in [0, 0.05) is 14.0 Å². The fourth-order valence-corrected chi connectivity index (χ4v) is 1.65. The van der Waals surface area contributed by atoms with Gasteiger partial charge in [-0.25, -0.2) is 4.79 Å². The van der Waals surface area contributed by atoms with E-state index < -0.39 is 25.5 Å². The number of rotatable bonds is 6. The molecule has 0 rings (SSSR count). The van der Waals surface area contributed by atoms with E-state index in [1.807, 2.05) is 0 Å². The van der Waals surface area contributed by atoms with E-state index in [1.165, 1.54) is 6.92 Å². The molecule has 2 atom stereocenters. The van der Waals surface area contributed by atoms with Crippen molar-refractivity contribution in [3.8, 4) is 0 Å². The molecule has 17 heavy (non-hydrogen) atoms. The van der Waals surface area contributed by atoms with Crippen LogP contribution in [0.3, 0.4) is 0 Å². The molecule has 0 heterocycles. The van der Waals surface area contributed by atoms with Crippen LogP contribution in [0.1, 0.15) is 13.3 Å². The summed E-state index contributed by atoms with van der Waals surface area (Å²) in [5.74, 6) is -1.76. The van der Waals surface area contributed by atoms with E-state index in [9.17, 15) is 14.2 Å². The fourth-order valence-electron chi connectivity index (χ4n) is 0.886. The summed E-state index contributed by atoms with van der Waals surface area (Å²) in [6.45, 7) is 1.17. The van der Waals surface area contributed by atoms with Gasteiger partial charge in [-0.1, -0.05) is 0 Å².